The zero-order valence-electron chi connectivity index (χ0n) is 13.7. The summed E-state index contributed by atoms with van der Waals surface area (Å²) in [4.78, 5) is 31.8. The van der Waals surface area contributed by atoms with E-state index < -0.39 is 5.97 Å². The van der Waals surface area contributed by atoms with Crippen molar-refractivity contribution in [3.05, 3.63) is 27.6 Å². The van der Waals surface area contributed by atoms with Gasteiger partial charge in [-0.3, -0.25) is 14.6 Å². The summed E-state index contributed by atoms with van der Waals surface area (Å²) in [6, 6.07) is 3.43. The molecule has 0 saturated carbocycles. The summed E-state index contributed by atoms with van der Waals surface area (Å²) in [7, 11) is 1.67. The third kappa shape index (κ3) is 3.02. The number of aliphatic imine (C=N–C) groups is 1. The van der Waals surface area contributed by atoms with Crippen molar-refractivity contribution >= 4 is 64.2 Å². The number of halogens is 2. The lowest BCUT2D eigenvalue weighted by molar-refractivity contribution is -0.136. The summed E-state index contributed by atoms with van der Waals surface area (Å²) in [6.07, 6.45) is -0.106. The minimum absolute atomic E-state index is 0. The molecule has 0 bridgehead atoms. The molecule has 26 heavy (non-hydrogen) atoms. The Morgan fingerprint density at radius 2 is 2.23 bits per heavy atom. The molecular formula is C16H15Cl2N3O4S. The number of aliphatic carboxylic acids is 1. The Hall–Kier alpha value is -1.90. The molecule has 4 rings (SSSR count). The first-order valence-corrected chi connectivity index (χ1v) is 8.83. The Morgan fingerprint density at radius 3 is 2.96 bits per heavy atom. The van der Waals surface area contributed by atoms with Crippen LogP contribution < -0.4 is 9.64 Å². The number of thioether (sulfide) groups is 1. The number of fused-ring (bicyclic) bond motifs is 2. The number of benzene rings is 1. The number of carbonyl (C=O) groups is 2. The van der Waals surface area contributed by atoms with Crippen molar-refractivity contribution in [1.82, 2.24) is 4.90 Å². The third-order valence-corrected chi connectivity index (χ3v) is 5.56. The second kappa shape index (κ2) is 7.02. The molecule has 138 valence electrons. The first-order valence-electron chi connectivity index (χ1n) is 7.63. The van der Waals surface area contributed by atoms with Gasteiger partial charge < -0.3 is 19.6 Å². The van der Waals surface area contributed by atoms with Crippen LogP contribution in [0.2, 0.25) is 5.02 Å². The van der Waals surface area contributed by atoms with Gasteiger partial charge >= 0.3 is 5.97 Å². The number of hydrogen-bond donors (Lipinski definition) is 1. The molecule has 0 radical (unpaired) electrons. The molecule has 10 heteroatoms. The molecule has 7 nitrogen and oxygen atoms in total. The van der Waals surface area contributed by atoms with Crippen LogP contribution in [0.15, 0.2) is 22.0 Å². The number of rotatable bonds is 3. The van der Waals surface area contributed by atoms with Crippen LogP contribution in [0.3, 0.4) is 0 Å². The van der Waals surface area contributed by atoms with Crippen molar-refractivity contribution in [2.75, 3.05) is 31.6 Å². The van der Waals surface area contributed by atoms with Crippen molar-refractivity contribution in [1.29, 1.82) is 0 Å². The first-order chi connectivity index (χ1) is 12.0. The minimum Gasteiger partial charge on any atom is -0.481 e. The van der Waals surface area contributed by atoms with Gasteiger partial charge in [-0.1, -0.05) is 23.4 Å². The highest BCUT2D eigenvalue weighted by Crippen LogP contribution is 2.49. The predicted octanol–water partition coefficient (Wildman–Crippen LogP) is 2.68. The van der Waals surface area contributed by atoms with Gasteiger partial charge in [0.1, 0.15) is 0 Å². The number of anilines is 1. The van der Waals surface area contributed by atoms with Gasteiger partial charge in [-0.25, -0.2) is 0 Å². The number of carboxylic acids is 1. The van der Waals surface area contributed by atoms with Crippen molar-refractivity contribution in [3.63, 3.8) is 0 Å². The molecule has 0 aromatic heterocycles. The molecule has 0 atom stereocenters. The highest BCUT2D eigenvalue weighted by Gasteiger charge is 2.37. The zero-order valence-corrected chi connectivity index (χ0v) is 16.1. The van der Waals surface area contributed by atoms with Crippen LogP contribution in [0.1, 0.15) is 12.0 Å². The summed E-state index contributed by atoms with van der Waals surface area (Å²) >= 11 is 7.65. The van der Waals surface area contributed by atoms with Crippen molar-refractivity contribution in [2.24, 2.45) is 4.99 Å². The van der Waals surface area contributed by atoms with Crippen molar-refractivity contribution in [3.8, 4) is 5.75 Å². The second-order valence-corrected chi connectivity index (χ2v) is 7.30. The number of hydrogen-bond acceptors (Lipinski definition) is 6. The van der Waals surface area contributed by atoms with E-state index in [0.29, 0.717) is 40.0 Å². The van der Waals surface area contributed by atoms with E-state index in [-0.39, 0.29) is 31.3 Å². The Bertz CT molecular complexity index is 871. The lowest BCUT2D eigenvalue weighted by Gasteiger charge is -2.29. The Kier molecular flexibility index (Phi) is 5.09. The normalized spacial score (nSPS) is 18.2. The van der Waals surface area contributed by atoms with Gasteiger partial charge in [0.2, 0.25) is 0 Å². The lowest BCUT2D eigenvalue weighted by Crippen LogP contribution is -2.36. The summed E-state index contributed by atoms with van der Waals surface area (Å²) in [5, 5.41) is 10.5. The van der Waals surface area contributed by atoms with Crippen LogP contribution in [0, 0.1) is 0 Å². The Morgan fingerprint density at radius 1 is 1.46 bits per heavy atom. The maximum atomic E-state index is 11.9. The molecule has 1 N–H and O–H groups in total. The van der Waals surface area contributed by atoms with Gasteiger partial charge in [-0.05, 0) is 12.1 Å². The Balaban J connectivity index is 0.00000196. The molecule has 1 aromatic rings. The summed E-state index contributed by atoms with van der Waals surface area (Å²) in [5.41, 5.74) is 2.03. The minimum atomic E-state index is -0.911. The van der Waals surface area contributed by atoms with E-state index >= 15 is 0 Å². The van der Waals surface area contributed by atoms with Gasteiger partial charge in [0.05, 0.1) is 24.4 Å². The van der Waals surface area contributed by atoms with Crippen LogP contribution in [0.5, 0.6) is 5.75 Å². The quantitative estimate of drug-likeness (QED) is 0.816. The average molecular weight is 416 g/mol. The van der Waals surface area contributed by atoms with E-state index in [1.807, 2.05) is 4.90 Å². The van der Waals surface area contributed by atoms with Crippen LogP contribution in [-0.2, 0) is 9.59 Å². The average Bonchev–Trinajstić information content (AvgIpc) is 3.10. The fourth-order valence-electron chi connectivity index (χ4n) is 3.10. The number of carbonyl (C=O) groups excluding carboxylic acids is 1. The van der Waals surface area contributed by atoms with Gasteiger partial charge in [-0.2, -0.15) is 0 Å². The molecule has 0 saturated heterocycles. The molecule has 1 amide bonds. The van der Waals surface area contributed by atoms with Gasteiger partial charge in [0.15, 0.2) is 17.5 Å². The molecule has 3 aliphatic heterocycles. The Labute approximate surface area is 165 Å². The van der Waals surface area contributed by atoms with Crippen molar-refractivity contribution < 1.29 is 19.4 Å². The molecule has 3 heterocycles. The second-order valence-electron chi connectivity index (χ2n) is 5.80. The standard InChI is InChI=1S/C16H14ClN3O4S.ClH/c1-19-10-5-8(17)4-9(15(10)24-7-12(19)21)14-11(6-13(22)23)25-16-18-2-3-20(14)16;/h4-5H,2-3,6-7H2,1H3,(H,22,23);1H. The van der Waals surface area contributed by atoms with E-state index in [0.717, 1.165) is 10.9 Å². The summed E-state index contributed by atoms with van der Waals surface area (Å²) < 4.78 is 5.70. The largest absolute Gasteiger partial charge is 0.481 e. The van der Waals surface area contributed by atoms with Crippen LogP contribution >= 0.6 is 35.8 Å². The maximum absolute atomic E-state index is 11.9. The van der Waals surface area contributed by atoms with Gasteiger partial charge in [-0.15, -0.1) is 12.4 Å². The van der Waals surface area contributed by atoms with Gasteiger partial charge in [0.25, 0.3) is 5.91 Å². The van der Waals surface area contributed by atoms with Crippen LogP contribution in [0.4, 0.5) is 5.69 Å². The van der Waals surface area contributed by atoms with Crippen molar-refractivity contribution in [2.45, 2.75) is 6.42 Å². The molecule has 0 unspecified atom stereocenters. The van der Waals surface area contributed by atoms with E-state index in [9.17, 15) is 14.7 Å². The van der Waals surface area contributed by atoms with E-state index in [1.165, 1.54) is 16.7 Å². The number of likely N-dealkylation sites (N-methyl/N-ethyl adjacent to an activating group) is 1. The topological polar surface area (TPSA) is 82.4 Å². The highest BCUT2D eigenvalue weighted by atomic mass is 35.5. The number of carboxylic acid groups (broad SMARTS) is 1. The highest BCUT2D eigenvalue weighted by molar-refractivity contribution is 8.17. The number of amides is 1. The molecule has 0 aliphatic carbocycles. The van der Waals surface area contributed by atoms with Crippen LogP contribution in [-0.4, -0.2) is 53.8 Å². The van der Waals surface area contributed by atoms with Crippen LogP contribution in [0.25, 0.3) is 5.70 Å². The summed E-state index contributed by atoms with van der Waals surface area (Å²) in [5.74, 6) is -0.534. The predicted molar refractivity (Wildman–Crippen MR) is 103 cm³/mol. The monoisotopic (exact) mass is 415 g/mol. The number of amidine groups is 1. The van der Waals surface area contributed by atoms with Gasteiger partial charge in [0, 0.05) is 29.1 Å². The molecule has 1 aromatic carbocycles. The molecular weight excluding hydrogens is 401 g/mol. The number of ether oxygens (including phenoxy) is 1. The van der Waals surface area contributed by atoms with E-state index in [2.05, 4.69) is 4.99 Å². The fourth-order valence-corrected chi connectivity index (χ4v) is 4.50. The zero-order chi connectivity index (χ0) is 17.7. The maximum Gasteiger partial charge on any atom is 0.308 e. The molecule has 0 spiro atoms. The third-order valence-electron chi connectivity index (χ3n) is 4.23. The first kappa shape index (κ1) is 18.9. The van der Waals surface area contributed by atoms with E-state index in [1.54, 1.807) is 19.2 Å². The molecule has 0 fully saturated rings. The summed E-state index contributed by atoms with van der Waals surface area (Å²) in [6.45, 7) is 1.28. The smallest absolute Gasteiger partial charge is 0.308 e. The number of nitrogens with zero attached hydrogens (tertiary/aromatic N) is 3. The fraction of sp³-hybridized carbons (Fsp3) is 0.312. The lowest BCUT2D eigenvalue weighted by atomic mass is 10.1. The SMILES string of the molecule is CN1C(=O)COc2c(C3=C(CC(=O)O)SC4=NCCN43)cc(Cl)cc21.Cl. The van der Waals surface area contributed by atoms with E-state index in [4.69, 9.17) is 16.3 Å². The molecule has 3 aliphatic rings.